The Morgan fingerprint density at radius 3 is 1.45 bits per heavy atom. The zero-order valence-electron chi connectivity index (χ0n) is 33.7. The molecule has 6 rings (SSSR count). The van der Waals surface area contributed by atoms with Crippen LogP contribution in [0.1, 0.15) is 61.8 Å². The summed E-state index contributed by atoms with van der Waals surface area (Å²) < 4.78 is 57.7. The molecule has 0 radical (unpaired) electrons. The molecule has 2 heterocycles. The average Bonchev–Trinajstić information content (AvgIpc) is 3.25. The van der Waals surface area contributed by atoms with Crippen LogP contribution < -0.4 is 0 Å². The van der Waals surface area contributed by atoms with Gasteiger partial charge in [-0.05, 0) is 48.9 Å². The van der Waals surface area contributed by atoms with Crippen molar-refractivity contribution in [2.75, 3.05) is 13.7 Å². The maximum atomic E-state index is 12.1. The minimum atomic E-state index is -1.12. The Balaban J connectivity index is 1.27. The Kier molecular flexibility index (Phi) is 17.2. The molecular weight excluding hydrogens is 741 g/mol. The van der Waals surface area contributed by atoms with Crippen LogP contribution in [0.3, 0.4) is 0 Å². The molecule has 2 aliphatic rings. The second kappa shape index (κ2) is 23.0. The average molecular weight is 799 g/mol. The smallest absolute Gasteiger partial charge is 0.305 e. The topological polar surface area (TPSA) is 120 Å². The van der Waals surface area contributed by atoms with E-state index in [1.807, 2.05) is 135 Å². The first-order chi connectivity index (χ1) is 28.4. The minimum absolute atomic E-state index is 0.200. The van der Waals surface area contributed by atoms with Crippen molar-refractivity contribution in [3.63, 3.8) is 0 Å². The number of unbranched alkanes of at least 4 members (excludes halogenated alkanes) is 2. The monoisotopic (exact) mass is 798 g/mol. The summed E-state index contributed by atoms with van der Waals surface area (Å²) in [5.41, 5.74) is 3.88. The van der Waals surface area contributed by atoms with Crippen LogP contribution in [-0.4, -0.2) is 86.2 Å². The number of hydrogen-bond acceptors (Lipinski definition) is 11. The lowest BCUT2D eigenvalue weighted by Crippen LogP contribution is -2.64. The summed E-state index contributed by atoms with van der Waals surface area (Å²) in [6, 6.07) is 39.4. The molecule has 0 bridgehead atoms. The molecule has 0 unspecified atom stereocenters. The Morgan fingerprint density at radius 2 is 0.948 bits per heavy atom. The van der Waals surface area contributed by atoms with Crippen molar-refractivity contribution < 1.29 is 52.5 Å². The van der Waals surface area contributed by atoms with Crippen molar-refractivity contribution in [2.45, 2.75) is 127 Å². The number of benzene rings is 4. The summed E-state index contributed by atoms with van der Waals surface area (Å²) in [6.07, 6.45) is -5.50. The van der Waals surface area contributed by atoms with Crippen LogP contribution in [0.5, 0.6) is 0 Å². The quantitative estimate of drug-likeness (QED) is 0.0675. The molecule has 10 atom stereocenters. The third-order valence-corrected chi connectivity index (χ3v) is 10.4. The number of aliphatic hydroxyl groups is 1. The first-order valence-electron chi connectivity index (χ1n) is 20.3. The minimum Gasteiger partial charge on any atom is -0.469 e. The fourth-order valence-corrected chi connectivity index (χ4v) is 7.26. The third kappa shape index (κ3) is 12.7. The second-order valence-electron chi connectivity index (χ2n) is 14.8. The van der Waals surface area contributed by atoms with Crippen molar-refractivity contribution in [3.05, 3.63) is 144 Å². The van der Waals surface area contributed by atoms with Gasteiger partial charge in [0.1, 0.15) is 36.6 Å². The van der Waals surface area contributed by atoms with Crippen LogP contribution in [0, 0.1) is 0 Å². The van der Waals surface area contributed by atoms with E-state index in [1.165, 1.54) is 7.11 Å². The van der Waals surface area contributed by atoms with Crippen LogP contribution >= 0.6 is 0 Å². The van der Waals surface area contributed by atoms with Gasteiger partial charge in [0.2, 0.25) is 0 Å². The predicted octanol–water partition coefficient (Wildman–Crippen LogP) is 7.31. The predicted molar refractivity (Wildman–Crippen MR) is 216 cm³/mol. The molecule has 0 amide bonds. The zero-order valence-corrected chi connectivity index (χ0v) is 33.7. The van der Waals surface area contributed by atoms with E-state index in [9.17, 15) is 9.90 Å². The van der Waals surface area contributed by atoms with Crippen LogP contribution in [0.25, 0.3) is 0 Å². The van der Waals surface area contributed by atoms with E-state index in [-0.39, 0.29) is 25.8 Å². The normalized spacial score (nSPS) is 27.2. The summed E-state index contributed by atoms with van der Waals surface area (Å²) in [7, 11) is 1.39. The number of esters is 1. The lowest BCUT2D eigenvalue weighted by atomic mass is 9.97. The van der Waals surface area contributed by atoms with E-state index in [2.05, 4.69) is 0 Å². The van der Waals surface area contributed by atoms with Gasteiger partial charge in [-0.2, -0.15) is 0 Å². The molecular formula is C47H58O11. The standard InChI is InChI=1S/C47H58O11/c1-33-41(52-29-35-19-9-4-10-20-35)40(49)43(54-31-37-23-13-6-14-24-37)47(57-33)58-45-44(55-32-38-25-15-7-16-26-38)42(53-30-36-21-11-5-12-22-36)34(2)56-46(45)51-28-18-8-17-27-39(48)50-3/h4-7,9-16,19-26,33-34,40-47,49H,8,17-18,27-32H2,1-3H3/t33-,34-,40+,41-,42-,43+,44+,45+,46+,47-/m0/s1. The largest absolute Gasteiger partial charge is 0.469 e. The van der Waals surface area contributed by atoms with E-state index in [4.69, 9.17) is 42.6 Å². The Hall–Kier alpha value is -4.01. The highest BCUT2D eigenvalue weighted by Gasteiger charge is 2.52. The summed E-state index contributed by atoms with van der Waals surface area (Å²) in [4.78, 5) is 11.7. The van der Waals surface area contributed by atoms with E-state index >= 15 is 0 Å². The molecule has 0 spiro atoms. The van der Waals surface area contributed by atoms with Crippen molar-refractivity contribution in [1.29, 1.82) is 0 Å². The van der Waals surface area contributed by atoms with E-state index < -0.39 is 61.4 Å². The lowest BCUT2D eigenvalue weighted by Gasteiger charge is -2.49. The number of hydrogen-bond donors (Lipinski definition) is 1. The van der Waals surface area contributed by atoms with Gasteiger partial charge in [-0.1, -0.05) is 128 Å². The number of carbonyl (C=O) groups excluding carboxylic acids is 1. The zero-order chi connectivity index (χ0) is 40.5. The fraction of sp³-hybridized carbons (Fsp3) is 0.468. The number of aliphatic hydroxyl groups excluding tert-OH is 1. The van der Waals surface area contributed by atoms with Gasteiger partial charge in [-0.3, -0.25) is 4.79 Å². The lowest BCUT2D eigenvalue weighted by molar-refractivity contribution is -0.375. The highest BCUT2D eigenvalue weighted by Crippen LogP contribution is 2.35. The highest BCUT2D eigenvalue weighted by molar-refractivity contribution is 5.68. The van der Waals surface area contributed by atoms with Gasteiger partial charge in [0.25, 0.3) is 0 Å². The number of rotatable bonds is 21. The molecule has 11 heteroatoms. The maximum absolute atomic E-state index is 12.1. The summed E-state index contributed by atoms with van der Waals surface area (Å²) >= 11 is 0. The molecule has 4 aromatic carbocycles. The van der Waals surface area contributed by atoms with Gasteiger partial charge in [-0.25, -0.2) is 0 Å². The second-order valence-corrected chi connectivity index (χ2v) is 14.8. The maximum Gasteiger partial charge on any atom is 0.305 e. The van der Waals surface area contributed by atoms with Crippen molar-refractivity contribution in [2.24, 2.45) is 0 Å². The summed E-state index contributed by atoms with van der Waals surface area (Å²) in [5.74, 6) is -0.237. The number of ether oxygens (including phenoxy) is 9. The molecule has 11 nitrogen and oxygen atoms in total. The van der Waals surface area contributed by atoms with Crippen LogP contribution in [0.4, 0.5) is 0 Å². The van der Waals surface area contributed by atoms with E-state index in [0.717, 1.165) is 28.7 Å². The molecule has 4 aromatic rings. The molecule has 0 saturated carbocycles. The van der Waals surface area contributed by atoms with Gasteiger partial charge in [0.05, 0.1) is 45.7 Å². The molecule has 0 aromatic heterocycles. The number of methoxy groups -OCH3 is 1. The first-order valence-corrected chi connectivity index (χ1v) is 20.3. The third-order valence-electron chi connectivity index (χ3n) is 10.4. The van der Waals surface area contributed by atoms with Gasteiger partial charge in [0.15, 0.2) is 12.6 Å². The van der Waals surface area contributed by atoms with Crippen LogP contribution in [0.2, 0.25) is 0 Å². The molecule has 312 valence electrons. The fourth-order valence-electron chi connectivity index (χ4n) is 7.26. The Morgan fingerprint density at radius 1 is 0.517 bits per heavy atom. The summed E-state index contributed by atoms with van der Waals surface area (Å²) in [5, 5.41) is 12.1. The molecule has 2 saturated heterocycles. The Bertz CT molecular complexity index is 1730. The number of carbonyl (C=O) groups is 1. The highest BCUT2D eigenvalue weighted by atomic mass is 16.8. The van der Waals surface area contributed by atoms with Crippen molar-refractivity contribution in [3.8, 4) is 0 Å². The summed E-state index contributed by atoms with van der Waals surface area (Å²) in [6.45, 7) is 5.23. The molecule has 0 aliphatic carbocycles. The SMILES string of the molecule is COC(=O)CCCCCO[C@@H]1O[C@@H](C)[C@H](OCc2ccccc2)[C@@H](OCc2ccccc2)[C@H]1O[C@@H]1O[C@@H](C)[C@H](OCc2ccccc2)[C@@H](O)[C@H]1OCc1ccccc1. The van der Waals surface area contributed by atoms with Crippen LogP contribution in [0.15, 0.2) is 121 Å². The molecule has 2 fully saturated rings. The van der Waals surface area contributed by atoms with Gasteiger partial charge < -0.3 is 47.7 Å². The van der Waals surface area contributed by atoms with Gasteiger partial charge in [0, 0.05) is 13.0 Å². The van der Waals surface area contributed by atoms with Crippen molar-refractivity contribution in [1.82, 2.24) is 0 Å². The van der Waals surface area contributed by atoms with Gasteiger partial charge in [-0.15, -0.1) is 0 Å². The van der Waals surface area contributed by atoms with E-state index in [0.29, 0.717) is 32.5 Å². The molecule has 2 aliphatic heterocycles. The molecule has 1 N–H and O–H groups in total. The van der Waals surface area contributed by atoms with Crippen LogP contribution in [-0.2, 0) is 73.9 Å². The Labute approximate surface area is 342 Å². The van der Waals surface area contributed by atoms with E-state index in [1.54, 1.807) is 0 Å². The first kappa shape index (κ1) is 43.6. The molecule has 58 heavy (non-hydrogen) atoms. The van der Waals surface area contributed by atoms with Gasteiger partial charge >= 0.3 is 5.97 Å². The van der Waals surface area contributed by atoms with Crippen molar-refractivity contribution >= 4 is 5.97 Å².